The predicted molar refractivity (Wildman–Crippen MR) is 56.8 cm³/mol. The normalized spacial score (nSPS) is 18.6. The van der Waals surface area contributed by atoms with E-state index in [1.165, 1.54) is 32.1 Å². The molecule has 4 nitrogen and oxygen atoms in total. The van der Waals surface area contributed by atoms with Crippen LogP contribution in [0, 0.1) is 10.7 Å². The Hall–Kier alpha value is -0.840. The maximum atomic E-state index is 11.3. The molecule has 0 radical (unpaired) electrons. The van der Waals surface area contributed by atoms with Gasteiger partial charge in [-0.25, -0.2) is 9.89 Å². The third-order valence-electron chi connectivity index (χ3n) is 2.93. The summed E-state index contributed by atoms with van der Waals surface area (Å²) in [5.74, 6) is 0.632. The fourth-order valence-electron chi connectivity index (χ4n) is 2.13. The average Bonchev–Trinajstić information content (AvgIpc) is 2.51. The van der Waals surface area contributed by atoms with E-state index in [-0.39, 0.29) is 5.69 Å². The minimum absolute atomic E-state index is 0.111. The summed E-state index contributed by atoms with van der Waals surface area (Å²) in [7, 11) is 0. The molecule has 5 heteroatoms. The van der Waals surface area contributed by atoms with E-state index in [0.717, 1.165) is 6.54 Å². The van der Waals surface area contributed by atoms with Crippen molar-refractivity contribution >= 4 is 12.2 Å². The molecule has 2 rings (SSSR count). The van der Waals surface area contributed by atoms with Gasteiger partial charge in [-0.2, -0.15) is 0 Å². The molecule has 0 unspecified atom stereocenters. The van der Waals surface area contributed by atoms with Gasteiger partial charge in [0.05, 0.1) is 0 Å². The molecule has 1 aromatic rings. The van der Waals surface area contributed by atoms with Gasteiger partial charge in [0, 0.05) is 6.54 Å². The minimum Gasteiger partial charge on any atom is -0.272 e. The van der Waals surface area contributed by atoms with Crippen LogP contribution in [0.2, 0.25) is 0 Å². The molecule has 1 heterocycles. The molecule has 0 spiro atoms. The molecule has 0 bridgehead atoms. The third kappa shape index (κ3) is 1.97. The van der Waals surface area contributed by atoms with E-state index in [2.05, 4.69) is 10.2 Å². The SMILES string of the molecule is O=c1[nH][nH]c(=S)n1CC1CCCCC1. The second kappa shape index (κ2) is 4.13. The van der Waals surface area contributed by atoms with Crippen LogP contribution in [-0.4, -0.2) is 14.8 Å². The zero-order chi connectivity index (χ0) is 9.97. The van der Waals surface area contributed by atoms with Crippen molar-refractivity contribution in [1.29, 1.82) is 0 Å². The van der Waals surface area contributed by atoms with Crippen molar-refractivity contribution < 1.29 is 0 Å². The van der Waals surface area contributed by atoms with E-state index in [4.69, 9.17) is 12.2 Å². The highest BCUT2D eigenvalue weighted by Crippen LogP contribution is 2.24. The van der Waals surface area contributed by atoms with E-state index < -0.39 is 0 Å². The van der Waals surface area contributed by atoms with Crippen LogP contribution in [0.4, 0.5) is 0 Å². The molecule has 0 amide bonds. The Kier molecular flexibility index (Phi) is 2.86. The number of aromatic nitrogens is 3. The largest absolute Gasteiger partial charge is 0.342 e. The molecule has 14 heavy (non-hydrogen) atoms. The lowest BCUT2D eigenvalue weighted by atomic mass is 9.89. The van der Waals surface area contributed by atoms with Crippen LogP contribution in [0.3, 0.4) is 0 Å². The van der Waals surface area contributed by atoms with Gasteiger partial charge >= 0.3 is 5.69 Å². The van der Waals surface area contributed by atoms with Crippen molar-refractivity contribution in [2.24, 2.45) is 5.92 Å². The van der Waals surface area contributed by atoms with Crippen LogP contribution < -0.4 is 5.69 Å². The lowest BCUT2D eigenvalue weighted by Gasteiger charge is -2.20. The third-order valence-corrected chi connectivity index (χ3v) is 3.25. The molecule has 0 aliphatic heterocycles. The molecule has 1 aromatic heterocycles. The summed E-state index contributed by atoms with van der Waals surface area (Å²) in [6.45, 7) is 0.775. The van der Waals surface area contributed by atoms with Gasteiger partial charge in [-0.15, -0.1) is 0 Å². The van der Waals surface area contributed by atoms with Crippen LogP contribution in [0.15, 0.2) is 4.79 Å². The van der Waals surface area contributed by atoms with Crippen LogP contribution in [0.25, 0.3) is 0 Å². The van der Waals surface area contributed by atoms with Crippen molar-refractivity contribution in [2.45, 2.75) is 38.6 Å². The van der Waals surface area contributed by atoms with Crippen molar-refractivity contribution in [3.05, 3.63) is 15.3 Å². The number of hydrogen-bond donors (Lipinski definition) is 2. The van der Waals surface area contributed by atoms with Gasteiger partial charge in [-0.05, 0) is 31.0 Å². The Morgan fingerprint density at radius 2 is 2.00 bits per heavy atom. The monoisotopic (exact) mass is 213 g/mol. The maximum Gasteiger partial charge on any atom is 0.342 e. The molecule has 1 aliphatic rings. The first-order valence-electron chi connectivity index (χ1n) is 5.15. The topological polar surface area (TPSA) is 53.6 Å². The fraction of sp³-hybridized carbons (Fsp3) is 0.778. The molecular weight excluding hydrogens is 198 g/mol. The van der Waals surface area contributed by atoms with Crippen molar-refractivity contribution in [3.8, 4) is 0 Å². The summed E-state index contributed by atoms with van der Waals surface area (Å²) in [5, 5.41) is 5.17. The zero-order valence-electron chi connectivity index (χ0n) is 8.08. The minimum atomic E-state index is -0.111. The molecule has 0 atom stereocenters. The highest BCUT2D eigenvalue weighted by Gasteiger charge is 2.15. The number of nitrogens with one attached hydrogen (secondary N) is 2. The van der Waals surface area contributed by atoms with Gasteiger partial charge in [0.15, 0.2) is 4.77 Å². The van der Waals surface area contributed by atoms with Crippen LogP contribution in [0.1, 0.15) is 32.1 Å². The molecule has 1 saturated carbocycles. The Balaban J connectivity index is 2.09. The summed E-state index contributed by atoms with van der Waals surface area (Å²) in [5.41, 5.74) is -0.111. The van der Waals surface area contributed by atoms with E-state index in [0.29, 0.717) is 10.7 Å². The lowest BCUT2D eigenvalue weighted by Crippen LogP contribution is -2.23. The Morgan fingerprint density at radius 3 is 2.57 bits per heavy atom. The van der Waals surface area contributed by atoms with Crippen molar-refractivity contribution in [1.82, 2.24) is 14.8 Å². The molecule has 1 aliphatic carbocycles. The van der Waals surface area contributed by atoms with Gasteiger partial charge < -0.3 is 0 Å². The summed E-state index contributed by atoms with van der Waals surface area (Å²) >= 11 is 5.02. The Labute approximate surface area is 87.3 Å². The summed E-state index contributed by atoms with van der Waals surface area (Å²) < 4.78 is 2.14. The fourth-order valence-corrected chi connectivity index (χ4v) is 2.34. The van der Waals surface area contributed by atoms with Gasteiger partial charge in [0.2, 0.25) is 0 Å². The number of rotatable bonds is 2. The molecule has 2 N–H and O–H groups in total. The molecule has 0 saturated heterocycles. The summed E-state index contributed by atoms with van der Waals surface area (Å²) in [6.07, 6.45) is 6.38. The van der Waals surface area contributed by atoms with Gasteiger partial charge in [-0.3, -0.25) is 9.67 Å². The quantitative estimate of drug-likeness (QED) is 0.736. The van der Waals surface area contributed by atoms with Gasteiger partial charge in [0.1, 0.15) is 0 Å². The number of H-pyrrole nitrogens is 2. The first kappa shape index (κ1) is 9.71. The average molecular weight is 213 g/mol. The highest BCUT2D eigenvalue weighted by molar-refractivity contribution is 7.71. The van der Waals surface area contributed by atoms with E-state index in [1.807, 2.05) is 0 Å². The Bertz CT molecular complexity index is 369. The van der Waals surface area contributed by atoms with Crippen molar-refractivity contribution in [2.75, 3.05) is 0 Å². The first-order valence-corrected chi connectivity index (χ1v) is 5.55. The second-order valence-corrected chi connectivity index (χ2v) is 4.36. The Morgan fingerprint density at radius 1 is 1.29 bits per heavy atom. The van der Waals surface area contributed by atoms with E-state index in [1.54, 1.807) is 4.57 Å². The summed E-state index contributed by atoms with van der Waals surface area (Å²) in [4.78, 5) is 11.3. The van der Waals surface area contributed by atoms with Crippen LogP contribution >= 0.6 is 12.2 Å². The van der Waals surface area contributed by atoms with E-state index in [9.17, 15) is 4.79 Å². The van der Waals surface area contributed by atoms with Gasteiger partial charge in [0.25, 0.3) is 0 Å². The number of nitrogens with zero attached hydrogens (tertiary/aromatic N) is 1. The number of hydrogen-bond acceptors (Lipinski definition) is 2. The van der Waals surface area contributed by atoms with Crippen LogP contribution in [0.5, 0.6) is 0 Å². The highest BCUT2D eigenvalue weighted by atomic mass is 32.1. The lowest BCUT2D eigenvalue weighted by molar-refractivity contribution is 0.315. The predicted octanol–water partition coefficient (Wildman–Crippen LogP) is 1.81. The molecule has 1 fully saturated rings. The van der Waals surface area contributed by atoms with Gasteiger partial charge in [-0.1, -0.05) is 19.3 Å². The molecule has 78 valence electrons. The second-order valence-electron chi connectivity index (χ2n) is 3.97. The smallest absolute Gasteiger partial charge is 0.272 e. The van der Waals surface area contributed by atoms with Crippen LogP contribution in [-0.2, 0) is 6.54 Å². The van der Waals surface area contributed by atoms with Crippen molar-refractivity contribution in [3.63, 3.8) is 0 Å². The molecular formula is C9H15N3OS. The summed E-state index contributed by atoms with van der Waals surface area (Å²) in [6, 6.07) is 0. The maximum absolute atomic E-state index is 11.3. The number of aromatic amines is 2. The standard InChI is InChI=1S/C9H15N3OS/c13-8-10-11-9(14)12(8)6-7-4-2-1-3-5-7/h7H,1-6H2,(H,10,13)(H,11,14). The first-order chi connectivity index (χ1) is 6.77. The molecule has 0 aromatic carbocycles. The van der Waals surface area contributed by atoms with E-state index >= 15 is 0 Å². The zero-order valence-corrected chi connectivity index (χ0v) is 8.90.